The van der Waals surface area contributed by atoms with Crippen LogP contribution in [-0.2, 0) is 0 Å². The predicted molar refractivity (Wildman–Crippen MR) is 75.2 cm³/mol. The van der Waals surface area contributed by atoms with E-state index in [0.717, 1.165) is 0 Å². The first-order valence-corrected chi connectivity index (χ1v) is 6.84. The molecular weight excluding hydrogens is 297 g/mol. The van der Waals surface area contributed by atoms with Crippen LogP contribution >= 0.6 is 0 Å². The average molecular weight is 314 g/mol. The summed E-state index contributed by atoms with van der Waals surface area (Å²) in [5.41, 5.74) is 6.26. The number of halogens is 3. The fourth-order valence-electron chi connectivity index (χ4n) is 2.43. The van der Waals surface area contributed by atoms with Gasteiger partial charge in [0.1, 0.15) is 12.1 Å². The minimum Gasteiger partial charge on any atom is -0.381 e. The molecule has 2 N–H and O–H groups in total. The van der Waals surface area contributed by atoms with Crippen LogP contribution in [0.4, 0.5) is 24.8 Å². The van der Waals surface area contributed by atoms with Crippen LogP contribution in [0.5, 0.6) is 0 Å². The summed E-state index contributed by atoms with van der Waals surface area (Å²) < 4.78 is 38.2. The van der Waals surface area contributed by atoms with Gasteiger partial charge in [-0.05, 0) is 13.8 Å². The van der Waals surface area contributed by atoms with E-state index in [9.17, 15) is 13.2 Å². The van der Waals surface area contributed by atoms with Crippen LogP contribution in [-0.4, -0.2) is 53.3 Å². The molecule has 0 amide bonds. The Balaban J connectivity index is 2.10. The fraction of sp³-hybridized carbons (Fsp3) is 0.615. The number of nitriles is 1. The number of piperazine rings is 1. The van der Waals surface area contributed by atoms with Gasteiger partial charge in [-0.2, -0.15) is 18.4 Å². The van der Waals surface area contributed by atoms with Crippen LogP contribution in [0.15, 0.2) is 0 Å². The lowest BCUT2D eigenvalue weighted by atomic mass is 10.2. The van der Waals surface area contributed by atoms with Gasteiger partial charge in [0.05, 0.1) is 5.69 Å². The standard InChI is InChI=1S/C13H17F3N6/c1-8-12(20-11(18)10(7-17)19-8)22-5-3-21(4-6-22)9(2)13(14,15)16/h9H,3-6H2,1-2H3,(H2,18,20)/t9-/m0/s1. The van der Waals surface area contributed by atoms with Gasteiger partial charge < -0.3 is 10.6 Å². The Hall–Kier alpha value is -2.08. The highest BCUT2D eigenvalue weighted by atomic mass is 19.4. The van der Waals surface area contributed by atoms with E-state index in [4.69, 9.17) is 11.0 Å². The van der Waals surface area contributed by atoms with Crippen LogP contribution in [0.25, 0.3) is 0 Å². The molecule has 6 nitrogen and oxygen atoms in total. The minimum absolute atomic E-state index is 0.0363. The Morgan fingerprint density at radius 3 is 2.32 bits per heavy atom. The van der Waals surface area contributed by atoms with Crippen LogP contribution in [0.3, 0.4) is 0 Å². The highest BCUT2D eigenvalue weighted by molar-refractivity contribution is 5.53. The maximum atomic E-state index is 12.7. The third-order valence-corrected chi connectivity index (χ3v) is 3.81. The molecule has 1 aliphatic heterocycles. The second-order valence-corrected chi connectivity index (χ2v) is 5.22. The average Bonchev–Trinajstić information content (AvgIpc) is 2.47. The second-order valence-electron chi connectivity index (χ2n) is 5.22. The number of alkyl halides is 3. The Morgan fingerprint density at radius 1 is 1.23 bits per heavy atom. The molecule has 1 atom stereocenters. The van der Waals surface area contributed by atoms with E-state index < -0.39 is 12.2 Å². The number of nitrogens with two attached hydrogens (primary N) is 1. The summed E-state index contributed by atoms with van der Waals surface area (Å²) >= 11 is 0. The zero-order valence-corrected chi connectivity index (χ0v) is 12.4. The molecule has 0 unspecified atom stereocenters. The molecule has 0 aromatic carbocycles. The van der Waals surface area contributed by atoms with Crippen molar-refractivity contribution >= 4 is 11.6 Å². The van der Waals surface area contributed by atoms with Crippen molar-refractivity contribution in [3.63, 3.8) is 0 Å². The topological polar surface area (TPSA) is 82.1 Å². The SMILES string of the molecule is Cc1nc(C#N)c(N)nc1N1CCN([C@@H](C)C(F)(F)F)CC1. The number of hydrogen-bond acceptors (Lipinski definition) is 6. The van der Waals surface area contributed by atoms with Crippen LogP contribution < -0.4 is 10.6 Å². The lowest BCUT2D eigenvalue weighted by Gasteiger charge is -2.39. The molecule has 1 aromatic heterocycles. The van der Waals surface area contributed by atoms with E-state index in [0.29, 0.717) is 24.6 Å². The predicted octanol–water partition coefficient (Wildman–Crippen LogP) is 1.31. The lowest BCUT2D eigenvalue weighted by Crippen LogP contribution is -2.54. The Bertz CT molecular complexity index is 587. The fourth-order valence-corrected chi connectivity index (χ4v) is 2.43. The van der Waals surface area contributed by atoms with Gasteiger partial charge in [-0.1, -0.05) is 0 Å². The third-order valence-electron chi connectivity index (χ3n) is 3.81. The zero-order valence-electron chi connectivity index (χ0n) is 12.4. The maximum absolute atomic E-state index is 12.7. The lowest BCUT2D eigenvalue weighted by molar-refractivity contribution is -0.179. The summed E-state index contributed by atoms with van der Waals surface area (Å²) in [4.78, 5) is 11.5. The number of rotatable bonds is 2. The molecule has 0 spiro atoms. The summed E-state index contributed by atoms with van der Waals surface area (Å²) in [5, 5.41) is 8.86. The third kappa shape index (κ3) is 3.22. The van der Waals surface area contributed by atoms with E-state index in [-0.39, 0.29) is 24.6 Å². The highest BCUT2D eigenvalue weighted by Crippen LogP contribution is 2.26. The van der Waals surface area contributed by atoms with Crippen molar-refractivity contribution in [1.82, 2.24) is 14.9 Å². The first kappa shape index (κ1) is 16.3. The van der Waals surface area contributed by atoms with Gasteiger partial charge in [0.2, 0.25) is 0 Å². The largest absolute Gasteiger partial charge is 0.403 e. The normalized spacial score (nSPS) is 18.1. The van der Waals surface area contributed by atoms with Crippen molar-refractivity contribution in [3.8, 4) is 6.07 Å². The molecule has 1 aliphatic rings. The van der Waals surface area contributed by atoms with Crippen molar-refractivity contribution in [2.75, 3.05) is 36.8 Å². The summed E-state index contributed by atoms with van der Waals surface area (Å²) in [7, 11) is 0. The molecule has 2 heterocycles. The number of nitrogens with zero attached hydrogens (tertiary/aromatic N) is 5. The monoisotopic (exact) mass is 314 g/mol. The molecule has 0 saturated carbocycles. The molecule has 0 radical (unpaired) electrons. The van der Waals surface area contributed by atoms with E-state index in [1.54, 1.807) is 6.92 Å². The summed E-state index contributed by atoms with van der Waals surface area (Å²) in [6.45, 7) is 4.24. The quantitative estimate of drug-likeness (QED) is 0.886. The highest BCUT2D eigenvalue weighted by Gasteiger charge is 2.41. The summed E-state index contributed by atoms with van der Waals surface area (Å²) in [6, 6.07) is 0.390. The van der Waals surface area contributed by atoms with Crippen LogP contribution in [0, 0.1) is 18.3 Å². The van der Waals surface area contributed by atoms with Gasteiger partial charge in [-0.15, -0.1) is 0 Å². The maximum Gasteiger partial charge on any atom is 0.403 e. The number of anilines is 2. The molecule has 1 fully saturated rings. The van der Waals surface area contributed by atoms with Crippen molar-refractivity contribution in [1.29, 1.82) is 5.26 Å². The second kappa shape index (κ2) is 5.96. The number of hydrogen-bond donors (Lipinski definition) is 1. The van der Waals surface area contributed by atoms with Crippen molar-refractivity contribution < 1.29 is 13.2 Å². The van der Waals surface area contributed by atoms with E-state index >= 15 is 0 Å². The van der Waals surface area contributed by atoms with Gasteiger partial charge in [0.25, 0.3) is 0 Å². The number of nitrogen functional groups attached to an aromatic ring is 1. The molecule has 0 aliphatic carbocycles. The van der Waals surface area contributed by atoms with E-state index in [1.807, 2.05) is 11.0 Å². The number of aryl methyl sites for hydroxylation is 1. The molecule has 0 bridgehead atoms. The smallest absolute Gasteiger partial charge is 0.381 e. The van der Waals surface area contributed by atoms with Crippen molar-refractivity contribution in [3.05, 3.63) is 11.4 Å². The molecule has 120 valence electrons. The van der Waals surface area contributed by atoms with Gasteiger partial charge in [-0.25, -0.2) is 9.97 Å². The molecule has 2 rings (SSSR count). The molecule has 9 heteroatoms. The molecular formula is C13H17F3N6. The van der Waals surface area contributed by atoms with Crippen molar-refractivity contribution in [2.24, 2.45) is 0 Å². The van der Waals surface area contributed by atoms with Crippen molar-refractivity contribution in [2.45, 2.75) is 26.1 Å². The number of aromatic nitrogens is 2. The van der Waals surface area contributed by atoms with Gasteiger partial charge in [-0.3, -0.25) is 4.90 Å². The molecule has 22 heavy (non-hydrogen) atoms. The Labute approximate surface area is 126 Å². The zero-order chi connectivity index (χ0) is 16.5. The summed E-state index contributed by atoms with van der Waals surface area (Å²) in [5.74, 6) is 0.560. The summed E-state index contributed by atoms with van der Waals surface area (Å²) in [6.07, 6.45) is -4.23. The van der Waals surface area contributed by atoms with Gasteiger partial charge in [0.15, 0.2) is 17.3 Å². The minimum atomic E-state index is -4.23. The Kier molecular flexibility index (Phi) is 4.42. The molecule has 1 saturated heterocycles. The van der Waals surface area contributed by atoms with E-state index in [2.05, 4.69) is 9.97 Å². The first-order chi connectivity index (χ1) is 10.2. The van der Waals surface area contributed by atoms with Crippen LogP contribution in [0.2, 0.25) is 0 Å². The Morgan fingerprint density at radius 2 is 1.82 bits per heavy atom. The van der Waals surface area contributed by atoms with Gasteiger partial charge >= 0.3 is 6.18 Å². The van der Waals surface area contributed by atoms with E-state index in [1.165, 1.54) is 11.8 Å². The molecule has 1 aromatic rings. The van der Waals surface area contributed by atoms with Crippen LogP contribution in [0.1, 0.15) is 18.3 Å². The van der Waals surface area contributed by atoms with Gasteiger partial charge in [0, 0.05) is 26.2 Å². The first-order valence-electron chi connectivity index (χ1n) is 6.84.